The summed E-state index contributed by atoms with van der Waals surface area (Å²) in [6.45, 7) is 0. The van der Waals surface area contributed by atoms with Crippen molar-refractivity contribution >= 4 is 27.3 Å². The molecule has 9 aromatic rings. The van der Waals surface area contributed by atoms with Crippen LogP contribution in [0, 0.1) is 0 Å². The fraction of sp³-hybridized carbons (Fsp3) is 0. The van der Waals surface area contributed by atoms with Crippen LogP contribution >= 0.6 is 0 Å². The molecule has 9 rings (SSSR count). The zero-order chi connectivity index (χ0) is 31.2. The molecule has 0 saturated heterocycles. The maximum Gasteiger partial charge on any atom is 0.182 e. The van der Waals surface area contributed by atoms with Gasteiger partial charge in [-0.15, -0.1) is 5.10 Å². The van der Waals surface area contributed by atoms with Crippen LogP contribution in [0.3, 0.4) is 0 Å². The number of rotatable bonds is 5. The fourth-order valence-corrected chi connectivity index (χ4v) is 6.34. The zero-order valence-electron chi connectivity index (χ0n) is 25.3. The minimum Gasteiger partial charge on any atom is -0.246 e. The Morgan fingerprint density at radius 3 is 1.83 bits per heavy atom. The van der Waals surface area contributed by atoms with Crippen LogP contribution in [0.15, 0.2) is 164 Å². The summed E-state index contributed by atoms with van der Waals surface area (Å²) in [5.74, 6) is 0.674. The molecule has 0 amide bonds. The largest absolute Gasteiger partial charge is 0.246 e. The molecule has 5 heteroatoms. The molecule has 0 spiro atoms. The summed E-state index contributed by atoms with van der Waals surface area (Å²) >= 11 is 0. The number of fused-ring (bicyclic) bond motifs is 4. The summed E-state index contributed by atoms with van der Waals surface area (Å²) in [6, 6.07) is 54.1. The van der Waals surface area contributed by atoms with Gasteiger partial charge in [-0.2, -0.15) is 0 Å². The molecule has 47 heavy (non-hydrogen) atoms. The van der Waals surface area contributed by atoms with Crippen molar-refractivity contribution in [3.63, 3.8) is 0 Å². The van der Waals surface area contributed by atoms with Crippen molar-refractivity contribution in [2.45, 2.75) is 0 Å². The van der Waals surface area contributed by atoms with Gasteiger partial charge in [0.2, 0.25) is 0 Å². The highest BCUT2D eigenvalue weighted by Gasteiger charge is 2.15. The molecule has 4 aromatic heterocycles. The van der Waals surface area contributed by atoms with Crippen LogP contribution in [0.4, 0.5) is 0 Å². The van der Waals surface area contributed by atoms with E-state index in [-0.39, 0.29) is 0 Å². The maximum atomic E-state index is 5.09. The van der Waals surface area contributed by atoms with E-state index in [1.165, 1.54) is 5.39 Å². The molecule has 0 unspecified atom stereocenters. The van der Waals surface area contributed by atoms with Crippen LogP contribution in [0.1, 0.15) is 0 Å². The predicted molar refractivity (Wildman–Crippen MR) is 191 cm³/mol. The molecular formula is C42H27N5. The van der Waals surface area contributed by atoms with Crippen LogP contribution in [0.5, 0.6) is 0 Å². The van der Waals surface area contributed by atoms with E-state index < -0.39 is 0 Å². The van der Waals surface area contributed by atoms with Crippen molar-refractivity contribution in [1.29, 1.82) is 0 Å². The number of hydrogen-bond acceptors (Lipinski definition) is 4. The molecule has 0 aliphatic heterocycles. The average molecular weight is 602 g/mol. The van der Waals surface area contributed by atoms with Crippen molar-refractivity contribution in [1.82, 2.24) is 24.6 Å². The Morgan fingerprint density at radius 2 is 1.04 bits per heavy atom. The topological polar surface area (TPSA) is 56.0 Å². The van der Waals surface area contributed by atoms with Gasteiger partial charge in [-0.05, 0) is 40.8 Å². The molecule has 0 radical (unpaired) electrons. The molecule has 0 aliphatic rings. The lowest BCUT2D eigenvalue weighted by molar-refractivity contribution is 0.968. The lowest BCUT2D eigenvalue weighted by Gasteiger charge is -2.10. The second kappa shape index (κ2) is 11.2. The Bertz CT molecular complexity index is 2550. The van der Waals surface area contributed by atoms with Crippen LogP contribution in [0.2, 0.25) is 0 Å². The Morgan fingerprint density at radius 1 is 0.404 bits per heavy atom. The highest BCUT2D eigenvalue weighted by molar-refractivity contribution is 6.10. The molecule has 5 aromatic carbocycles. The van der Waals surface area contributed by atoms with Crippen LogP contribution in [-0.4, -0.2) is 24.6 Å². The summed E-state index contributed by atoms with van der Waals surface area (Å²) in [6.07, 6.45) is 2.06. The fourth-order valence-electron chi connectivity index (χ4n) is 6.34. The summed E-state index contributed by atoms with van der Waals surface area (Å²) in [4.78, 5) is 15.2. The quantitative estimate of drug-likeness (QED) is 0.184. The third-order valence-corrected chi connectivity index (χ3v) is 8.66. The molecule has 4 heterocycles. The first-order valence-electron chi connectivity index (χ1n) is 15.7. The first-order chi connectivity index (χ1) is 23.3. The normalized spacial score (nSPS) is 11.4. The van der Waals surface area contributed by atoms with Crippen molar-refractivity contribution in [2.75, 3.05) is 0 Å². The Hall–Kier alpha value is -6.46. The van der Waals surface area contributed by atoms with E-state index in [1.807, 2.05) is 34.8 Å². The predicted octanol–water partition coefficient (Wildman–Crippen LogP) is 10.2. The van der Waals surface area contributed by atoms with E-state index in [1.54, 1.807) is 0 Å². The second-order valence-electron chi connectivity index (χ2n) is 11.6. The number of nitrogens with zero attached hydrogens (tertiary/aromatic N) is 5. The standard InChI is InChI=1S/C42H27N5/c1-3-12-28(13-4-1)32-26-36(29-14-5-2-6-15-29)42-45-41(46-47(42)27-32)31-24-22-30(23-25-31)37-20-11-21-39(43-37)40-35-18-8-7-16-33(35)34-17-9-10-19-38(34)44-40/h1-27H. The van der Waals surface area contributed by atoms with E-state index in [0.717, 1.165) is 72.4 Å². The number of pyridine rings is 3. The summed E-state index contributed by atoms with van der Waals surface area (Å²) in [5.41, 5.74) is 10.7. The minimum absolute atomic E-state index is 0.674. The highest BCUT2D eigenvalue weighted by Crippen LogP contribution is 2.34. The van der Waals surface area contributed by atoms with Crippen LogP contribution in [-0.2, 0) is 0 Å². The summed E-state index contributed by atoms with van der Waals surface area (Å²) in [7, 11) is 0. The third-order valence-electron chi connectivity index (χ3n) is 8.66. The molecule has 0 aliphatic carbocycles. The van der Waals surface area contributed by atoms with Crippen molar-refractivity contribution in [3.05, 3.63) is 164 Å². The first kappa shape index (κ1) is 26.9. The van der Waals surface area contributed by atoms with E-state index >= 15 is 0 Å². The van der Waals surface area contributed by atoms with Crippen LogP contribution in [0.25, 0.3) is 83.6 Å². The van der Waals surface area contributed by atoms with E-state index in [2.05, 4.69) is 134 Å². The molecule has 0 fully saturated rings. The van der Waals surface area contributed by atoms with Gasteiger partial charge in [-0.25, -0.2) is 19.5 Å². The van der Waals surface area contributed by atoms with Crippen molar-refractivity contribution in [3.8, 4) is 56.3 Å². The Balaban J connectivity index is 1.10. The van der Waals surface area contributed by atoms with Gasteiger partial charge in [0, 0.05) is 39.2 Å². The zero-order valence-corrected chi connectivity index (χ0v) is 25.3. The van der Waals surface area contributed by atoms with Gasteiger partial charge in [-0.1, -0.05) is 133 Å². The maximum absolute atomic E-state index is 5.09. The Kier molecular flexibility index (Phi) is 6.39. The van der Waals surface area contributed by atoms with Gasteiger partial charge in [0.1, 0.15) is 0 Å². The molecular weight excluding hydrogens is 574 g/mol. The van der Waals surface area contributed by atoms with Crippen molar-refractivity contribution < 1.29 is 0 Å². The van der Waals surface area contributed by atoms with E-state index in [9.17, 15) is 0 Å². The van der Waals surface area contributed by atoms with Gasteiger partial charge in [-0.3, -0.25) is 0 Å². The van der Waals surface area contributed by atoms with Crippen LogP contribution < -0.4 is 0 Å². The Labute approximate surface area is 271 Å². The minimum atomic E-state index is 0.674. The molecule has 220 valence electrons. The van der Waals surface area contributed by atoms with Crippen molar-refractivity contribution in [2.24, 2.45) is 0 Å². The molecule has 0 N–H and O–H groups in total. The van der Waals surface area contributed by atoms with E-state index in [0.29, 0.717) is 5.82 Å². The first-order valence-corrected chi connectivity index (χ1v) is 15.7. The van der Waals surface area contributed by atoms with Gasteiger partial charge in [0.05, 0.1) is 22.6 Å². The average Bonchev–Trinajstić information content (AvgIpc) is 3.59. The summed E-state index contributed by atoms with van der Waals surface area (Å²) in [5, 5.41) is 8.36. The molecule has 0 bridgehead atoms. The SMILES string of the molecule is c1ccc(-c2cc(-c3ccccc3)c3nc(-c4ccc(-c5cccc(-c6nc7ccccc7c7ccccc67)n5)cc4)nn3c2)cc1. The lowest BCUT2D eigenvalue weighted by Crippen LogP contribution is -1.93. The summed E-state index contributed by atoms with van der Waals surface area (Å²) < 4.78 is 1.90. The number of hydrogen-bond donors (Lipinski definition) is 0. The smallest absolute Gasteiger partial charge is 0.182 e. The second-order valence-corrected chi connectivity index (χ2v) is 11.6. The number of aromatic nitrogens is 5. The van der Waals surface area contributed by atoms with Gasteiger partial charge in [0.25, 0.3) is 0 Å². The highest BCUT2D eigenvalue weighted by atomic mass is 15.3. The molecule has 5 nitrogen and oxygen atoms in total. The molecule has 0 saturated carbocycles. The van der Waals surface area contributed by atoms with Gasteiger partial charge in [0.15, 0.2) is 11.5 Å². The number of para-hydroxylation sites is 1. The monoisotopic (exact) mass is 601 g/mol. The van der Waals surface area contributed by atoms with E-state index in [4.69, 9.17) is 20.1 Å². The van der Waals surface area contributed by atoms with Gasteiger partial charge >= 0.3 is 0 Å². The van der Waals surface area contributed by atoms with Gasteiger partial charge < -0.3 is 0 Å². The number of benzene rings is 5. The molecule has 0 atom stereocenters. The third kappa shape index (κ3) is 4.82. The lowest BCUT2D eigenvalue weighted by atomic mass is 10.0.